The molecule has 7 rings (SSSR count). The van der Waals surface area contributed by atoms with Crippen LogP contribution in [-0.4, -0.2) is 4.57 Å². The molecule has 0 aliphatic carbocycles. The van der Waals surface area contributed by atoms with Gasteiger partial charge in [0.05, 0.1) is 15.7 Å². The second-order valence-electron chi connectivity index (χ2n) is 7.82. The Hall–Kier alpha value is -3.62. The number of para-hydroxylation sites is 1. The lowest BCUT2D eigenvalue weighted by Crippen LogP contribution is -1.93. The standard InChI is InChI=1S/C28H17NS/c1-2-8-19-17-20(14-13-18(19)7-1)29-25-11-5-3-9-21(25)23-15-16-24-22-10-4-6-12-26(22)30-28(24)27(23)29/h1-17H. The van der Waals surface area contributed by atoms with Crippen LogP contribution in [-0.2, 0) is 0 Å². The molecule has 0 N–H and O–H groups in total. The maximum Gasteiger partial charge on any atom is 0.0719 e. The topological polar surface area (TPSA) is 4.93 Å². The summed E-state index contributed by atoms with van der Waals surface area (Å²) in [6.45, 7) is 0. The first-order chi connectivity index (χ1) is 14.9. The fourth-order valence-electron chi connectivity index (χ4n) is 4.81. The molecule has 2 heterocycles. The van der Waals surface area contributed by atoms with Gasteiger partial charge in [-0.1, -0.05) is 78.9 Å². The predicted molar refractivity (Wildman–Crippen MR) is 131 cm³/mol. The summed E-state index contributed by atoms with van der Waals surface area (Å²) in [5.41, 5.74) is 3.78. The fourth-order valence-corrected chi connectivity index (χ4v) is 6.06. The first-order valence-electron chi connectivity index (χ1n) is 10.2. The Morgan fingerprint density at radius 3 is 2.20 bits per heavy atom. The van der Waals surface area contributed by atoms with Crippen molar-refractivity contribution >= 4 is 64.1 Å². The van der Waals surface area contributed by atoms with Gasteiger partial charge in [0.1, 0.15) is 0 Å². The molecule has 30 heavy (non-hydrogen) atoms. The van der Waals surface area contributed by atoms with Crippen LogP contribution in [0.1, 0.15) is 0 Å². The van der Waals surface area contributed by atoms with Crippen LogP contribution in [0.5, 0.6) is 0 Å². The van der Waals surface area contributed by atoms with Gasteiger partial charge >= 0.3 is 0 Å². The number of benzene rings is 5. The minimum absolute atomic E-state index is 1.21. The van der Waals surface area contributed by atoms with Gasteiger partial charge in [0.2, 0.25) is 0 Å². The highest BCUT2D eigenvalue weighted by Gasteiger charge is 2.17. The third kappa shape index (κ3) is 2.11. The van der Waals surface area contributed by atoms with E-state index in [2.05, 4.69) is 108 Å². The van der Waals surface area contributed by atoms with Crippen molar-refractivity contribution in [3.8, 4) is 5.69 Å². The highest BCUT2D eigenvalue weighted by molar-refractivity contribution is 7.26. The summed E-state index contributed by atoms with van der Waals surface area (Å²) < 4.78 is 5.16. The van der Waals surface area contributed by atoms with Crippen LogP contribution < -0.4 is 0 Å². The Bertz CT molecular complexity index is 1750. The molecule has 7 aromatic rings. The monoisotopic (exact) mass is 399 g/mol. The summed E-state index contributed by atoms with van der Waals surface area (Å²) in [7, 11) is 0. The lowest BCUT2D eigenvalue weighted by Gasteiger charge is -2.10. The van der Waals surface area contributed by atoms with E-state index in [0.29, 0.717) is 0 Å². The molecule has 0 radical (unpaired) electrons. The predicted octanol–water partition coefficient (Wildman–Crippen LogP) is 8.30. The van der Waals surface area contributed by atoms with Crippen molar-refractivity contribution in [3.05, 3.63) is 103 Å². The molecule has 0 aliphatic rings. The van der Waals surface area contributed by atoms with Gasteiger partial charge in [0, 0.05) is 31.9 Å². The molecule has 0 bridgehead atoms. The molecule has 1 nitrogen and oxygen atoms in total. The van der Waals surface area contributed by atoms with Crippen LogP contribution in [0.25, 0.3) is 58.4 Å². The van der Waals surface area contributed by atoms with Gasteiger partial charge in [-0.25, -0.2) is 0 Å². The highest BCUT2D eigenvalue weighted by atomic mass is 32.1. The maximum absolute atomic E-state index is 2.45. The number of hydrogen-bond donors (Lipinski definition) is 0. The number of thiophene rings is 1. The average Bonchev–Trinajstić information content (AvgIpc) is 3.34. The van der Waals surface area contributed by atoms with E-state index in [9.17, 15) is 0 Å². The van der Waals surface area contributed by atoms with Gasteiger partial charge in [0.25, 0.3) is 0 Å². The number of rotatable bonds is 1. The van der Waals surface area contributed by atoms with E-state index < -0.39 is 0 Å². The Morgan fingerprint density at radius 1 is 0.533 bits per heavy atom. The molecule has 0 aliphatic heterocycles. The van der Waals surface area contributed by atoms with Gasteiger partial charge in [-0.15, -0.1) is 11.3 Å². The Labute approximate surface area is 177 Å². The molecular weight excluding hydrogens is 382 g/mol. The van der Waals surface area contributed by atoms with Crippen LogP contribution in [0, 0.1) is 0 Å². The summed E-state index contributed by atoms with van der Waals surface area (Å²) in [4.78, 5) is 0. The molecular formula is C28H17NS. The molecule has 0 spiro atoms. The molecule has 140 valence electrons. The van der Waals surface area contributed by atoms with Crippen LogP contribution in [0.3, 0.4) is 0 Å². The van der Waals surface area contributed by atoms with E-state index in [1.807, 2.05) is 11.3 Å². The summed E-state index contributed by atoms with van der Waals surface area (Å²) in [6, 6.07) is 37.5. The SMILES string of the molecule is c1ccc2cc(-n3c4ccccc4c4ccc5c6ccccc6sc5c43)ccc2c1. The average molecular weight is 400 g/mol. The van der Waals surface area contributed by atoms with Gasteiger partial charge < -0.3 is 4.57 Å². The Kier molecular flexibility index (Phi) is 3.21. The van der Waals surface area contributed by atoms with Gasteiger partial charge in [-0.3, -0.25) is 0 Å². The van der Waals surface area contributed by atoms with Crippen LogP contribution in [0.2, 0.25) is 0 Å². The first kappa shape index (κ1) is 16.2. The highest BCUT2D eigenvalue weighted by Crippen LogP contribution is 2.42. The van der Waals surface area contributed by atoms with Crippen LogP contribution >= 0.6 is 11.3 Å². The van der Waals surface area contributed by atoms with Crippen molar-refractivity contribution in [1.29, 1.82) is 0 Å². The zero-order valence-electron chi connectivity index (χ0n) is 16.2. The van der Waals surface area contributed by atoms with Gasteiger partial charge in [-0.2, -0.15) is 0 Å². The van der Waals surface area contributed by atoms with Crippen molar-refractivity contribution in [2.45, 2.75) is 0 Å². The molecule has 0 saturated heterocycles. The molecule has 0 unspecified atom stereocenters. The number of hydrogen-bond acceptors (Lipinski definition) is 1. The Balaban J connectivity index is 1.71. The van der Waals surface area contributed by atoms with E-state index >= 15 is 0 Å². The summed E-state index contributed by atoms with van der Waals surface area (Å²) in [5, 5.41) is 7.85. The minimum atomic E-state index is 1.21. The minimum Gasteiger partial charge on any atom is -0.308 e. The molecule has 0 fully saturated rings. The van der Waals surface area contributed by atoms with E-state index in [1.165, 1.54) is 58.4 Å². The normalized spacial score (nSPS) is 12.0. The van der Waals surface area contributed by atoms with Crippen LogP contribution in [0.15, 0.2) is 103 Å². The summed E-state index contributed by atoms with van der Waals surface area (Å²) >= 11 is 1.90. The van der Waals surface area contributed by atoms with Gasteiger partial charge in [0.15, 0.2) is 0 Å². The van der Waals surface area contributed by atoms with E-state index in [0.717, 1.165) is 0 Å². The second-order valence-corrected chi connectivity index (χ2v) is 8.87. The van der Waals surface area contributed by atoms with Crippen molar-refractivity contribution in [3.63, 3.8) is 0 Å². The van der Waals surface area contributed by atoms with Crippen molar-refractivity contribution in [2.75, 3.05) is 0 Å². The van der Waals surface area contributed by atoms with Crippen molar-refractivity contribution in [1.82, 2.24) is 4.57 Å². The van der Waals surface area contributed by atoms with Gasteiger partial charge in [-0.05, 0) is 35.0 Å². The second kappa shape index (κ2) is 5.94. The molecule has 5 aromatic carbocycles. The summed E-state index contributed by atoms with van der Waals surface area (Å²) in [6.07, 6.45) is 0. The number of fused-ring (bicyclic) bond motifs is 8. The van der Waals surface area contributed by atoms with E-state index in [1.54, 1.807) is 0 Å². The molecule has 0 amide bonds. The fraction of sp³-hybridized carbons (Fsp3) is 0. The molecule has 2 aromatic heterocycles. The molecule has 0 saturated carbocycles. The van der Waals surface area contributed by atoms with Crippen molar-refractivity contribution < 1.29 is 0 Å². The van der Waals surface area contributed by atoms with Crippen LogP contribution in [0.4, 0.5) is 0 Å². The third-order valence-electron chi connectivity index (χ3n) is 6.17. The lowest BCUT2D eigenvalue weighted by molar-refractivity contribution is 1.19. The molecule has 2 heteroatoms. The Morgan fingerprint density at radius 2 is 1.27 bits per heavy atom. The third-order valence-corrected chi connectivity index (χ3v) is 7.36. The largest absolute Gasteiger partial charge is 0.308 e. The summed E-state index contributed by atoms with van der Waals surface area (Å²) in [5.74, 6) is 0. The quantitative estimate of drug-likeness (QED) is 0.262. The zero-order chi connectivity index (χ0) is 19.7. The number of aromatic nitrogens is 1. The maximum atomic E-state index is 2.45. The number of nitrogens with zero attached hydrogens (tertiary/aromatic N) is 1. The van der Waals surface area contributed by atoms with E-state index in [-0.39, 0.29) is 0 Å². The lowest BCUT2D eigenvalue weighted by atomic mass is 10.1. The van der Waals surface area contributed by atoms with E-state index in [4.69, 9.17) is 0 Å². The smallest absolute Gasteiger partial charge is 0.0719 e. The first-order valence-corrected chi connectivity index (χ1v) is 11.0. The zero-order valence-corrected chi connectivity index (χ0v) is 17.0. The molecule has 0 atom stereocenters. The van der Waals surface area contributed by atoms with Crippen molar-refractivity contribution in [2.24, 2.45) is 0 Å².